The summed E-state index contributed by atoms with van der Waals surface area (Å²) < 4.78 is 33.4. The molecule has 0 aliphatic carbocycles. The second-order valence-electron chi connectivity index (χ2n) is 11.0. The summed E-state index contributed by atoms with van der Waals surface area (Å²) in [6.07, 6.45) is 7.10. The van der Waals surface area contributed by atoms with Gasteiger partial charge in [-0.05, 0) is 25.7 Å². The molecule has 15 heteroatoms. The van der Waals surface area contributed by atoms with E-state index < -0.39 is 10.0 Å². The van der Waals surface area contributed by atoms with Crippen LogP contribution in [0.4, 0.5) is 0 Å². The number of hydrogen-bond acceptors (Lipinski definition) is 10. The summed E-state index contributed by atoms with van der Waals surface area (Å²) in [5, 5.41) is 11.9. The first-order valence-electron chi connectivity index (χ1n) is 15.0. The van der Waals surface area contributed by atoms with E-state index in [-0.39, 0.29) is 36.7 Å². The highest BCUT2D eigenvalue weighted by molar-refractivity contribution is 7.89. The van der Waals surface area contributed by atoms with E-state index in [4.69, 9.17) is 42.8 Å². The standard InChI is InChI=1S/C32H35Cl2N7O5S/c1-45-31-24(11-3-6-19-12-13-28(42)39-19)37-17-25(40-31)22-9-4-7-20(29(22)33)21-8-5-10-23(30(21)34)26-18-38-27(32(41-26)46-2)16-36-14-15-47(35,43)44/h4-5,7-10,17-19,36H,3,6,11-16H2,1-2H3,(H,39,42)(H2,35,43,44)/t19-/m1/s1. The van der Waals surface area contributed by atoms with Gasteiger partial charge in [0.2, 0.25) is 27.7 Å². The van der Waals surface area contributed by atoms with Crippen LogP contribution in [0.3, 0.4) is 0 Å². The van der Waals surface area contributed by atoms with Gasteiger partial charge < -0.3 is 20.1 Å². The van der Waals surface area contributed by atoms with Crippen LogP contribution in [-0.4, -0.2) is 66.8 Å². The Balaban J connectivity index is 1.37. The van der Waals surface area contributed by atoms with Crippen LogP contribution in [0.25, 0.3) is 33.6 Å². The number of benzene rings is 2. The number of nitrogens with zero attached hydrogens (tertiary/aromatic N) is 4. The zero-order valence-electron chi connectivity index (χ0n) is 25.9. The quantitative estimate of drug-likeness (QED) is 0.158. The Morgan fingerprint density at radius 2 is 1.47 bits per heavy atom. The number of methoxy groups -OCH3 is 2. The summed E-state index contributed by atoms with van der Waals surface area (Å²) >= 11 is 14.0. The monoisotopic (exact) mass is 699 g/mol. The van der Waals surface area contributed by atoms with Crippen molar-refractivity contribution in [2.24, 2.45) is 5.14 Å². The Labute approximate surface area is 283 Å². The molecule has 1 amide bonds. The maximum atomic E-state index is 11.5. The van der Waals surface area contributed by atoms with Crippen molar-refractivity contribution in [1.29, 1.82) is 0 Å². The van der Waals surface area contributed by atoms with Gasteiger partial charge in [0, 0.05) is 47.8 Å². The third-order valence-electron chi connectivity index (χ3n) is 7.76. The molecule has 5 rings (SSSR count). The predicted molar refractivity (Wildman–Crippen MR) is 181 cm³/mol. The van der Waals surface area contributed by atoms with Gasteiger partial charge in [-0.25, -0.2) is 23.5 Å². The number of carbonyl (C=O) groups is 1. The van der Waals surface area contributed by atoms with Gasteiger partial charge in [-0.2, -0.15) is 0 Å². The Kier molecular flexibility index (Phi) is 11.3. The minimum Gasteiger partial charge on any atom is -0.480 e. The number of ether oxygens (including phenoxy) is 2. The average Bonchev–Trinajstić information content (AvgIpc) is 3.48. The molecule has 12 nitrogen and oxygen atoms in total. The Hall–Kier alpha value is -3.88. The van der Waals surface area contributed by atoms with Crippen molar-refractivity contribution >= 4 is 39.1 Å². The van der Waals surface area contributed by atoms with Crippen LogP contribution < -0.4 is 25.2 Å². The van der Waals surface area contributed by atoms with E-state index in [2.05, 4.69) is 25.6 Å². The zero-order valence-corrected chi connectivity index (χ0v) is 28.3. The van der Waals surface area contributed by atoms with Gasteiger partial charge in [-0.1, -0.05) is 59.6 Å². The van der Waals surface area contributed by atoms with Crippen LogP contribution >= 0.6 is 23.2 Å². The van der Waals surface area contributed by atoms with Crippen LogP contribution in [0.15, 0.2) is 48.8 Å². The van der Waals surface area contributed by atoms with Crippen LogP contribution in [0.1, 0.15) is 37.1 Å². The van der Waals surface area contributed by atoms with E-state index >= 15 is 0 Å². The Bertz CT molecular complexity index is 1880. The number of nitrogens with two attached hydrogens (primary N) is 1. The molecule has 1 saturated heterocycles. The molecule has 0 spiro atoms. The maximum absolute atomic E-state index is 11.5. The van der Waals surface area contributed by atoms with E-state index in [1.54, 1.807) is 19.5 Å². The number of halogens is 2. The van der Waals surface area contributed by atoms with E-state index in [0.717, 1.165) is 25.0 Å². The van der Waals surface area contributed by atoms with Crippen molar-refractivity contribution in [2.45, 2.75) is 44.7 Å². The molecule has 1 fully saturated rings. The van der Waals surface area contributed by atoms with Crippen molar-refractivity contribution in [3.05, 3.63) is 70.2 Å². The highest BCUT2D eigenvalue weighted by atomic mass is 35.5. The van der Waals surface area contributed by atoms with E-state index in [9.17, 15) is 13.2 Å². The number of aromatic nitrogens is 4. The molecule has 0 saturated carbocycles. The van der Waals surface area contributed by atoms with Crippen molar-refractivity contribution in [2.75, 3.05) is 26.5 Å². The number of hydrogen-bond donors (Lipinski definition) is 3. The van der Waals surface area contributed by atoms with Gasteiger partial charge in [-0.3, -0.25) is 14.8 Å². The molecule has 0 bridgehead atoms. The number of primary sulfonamides is 1. The lowest BCUT2D eigenvalue weighted by molar-refractivity contribution is -0.119. The smallest absolute Gasteiger partial charge is 0.237 e. The topological polar surface area (TPSA) is 171 Å². The molecular weight excluding hydrogens is 665 g/mol. The van der Waals surface area contributed by atoms with Crippen molar-refractivity contribution < 1.29 is 22.7 Å². The van der Waals surface area contributed by atoms with Gasteiger partial charge >= 0.3 is 0 Å². The Morgan fingerprint density at radius 3 is 2.00 bits per heavy atom. The lowest BCUT2D eigenvalue weighted by Crippen LogP contribution is -2.27. The summed E-state index contributed by atoms with van der Waals surface area (Å²) in [4.78, 5) is 30.0. The van der Waals surface area contributed by atoms with Crippen LogP contribution in [0.5, 0.6) is 11.8 Å². The predicted octanol–water partition coefficient (Wildman–Crippen LogP) is 4.57. The number of aryl methyl sites for hydroxylation is 1. The zero-order chi connectivity index (χ0) is 33.6. The van der Waals surface area contributed by atoms with Gasteiger partial charge in [0.25, 0.3) is 0 Å². The summed E-state index contributed by atoms with van der Waals surface area (Å²) in [5.41, 5.74) is 4.93. The van der Waals surface area contributed by atoms with E-state index in [1.807, 2.05) is 36.4 Å². The van der Waals surface area contributed by atoms with Gasteiger partial charge in [0.1, 0.15) is 11.4 Å². The molecule has 4 aromatic rings. The fourth-order valence-electron chi connectivity index (χ4n) is 5.38. The van der Waals surface area contributed by atoms with Crippen molar-refractivity contribution in [1.82, 2.24) is 30.6 Å². The minimum absolute atomic E-state index is 0.110. The molecule has 1 atom stereocenters. The summed E-state index contributed by atoms with van der Waals surface area (Å²) in [6, 6.07) is 11.4. The largest absolute Gasteiger partial charge is 0.480 e. The normalized spacial score (nSPS) is 14.7. The highest BCUT2D eigenvalue weighted by Crippen LogP contribution is 2.42. The fourth-order valence-corrected chi connectivity index (χ4v) is 6.46. The highest BCUT2D eigenvalue weighted by Gasteiger charge is 2.22. The van der Waals surface area contributed by atoms with Crippen molar-refractivity contribution in [3.63, 3.8) is 0 Å². The summed E-state index contributed by atoms with van der Waals surface area (Å²) in [5.74, 6) is 0.601. The second kappa shape index (κ2) is 15.3. The molecule has 0 unspecified atom stereocenters. The first-order chi connectivity index (χ1) is 22.6. The molecule has 1 aliphatic heterocycles. The number of nitrogens with one attached hydrogen (secondary N) is 2. The summed E-state index contributed by atoms with van der Waals surface area (Å²) in [7, 11) is -0.537. The lowest BCUT2D eigenvalue weighted by Gasteiger charge is -2.15. The number of rotatable bonds is 14. The maximum Gasteiger partial charge on any atom is 0.237 e. The molecule has 47 heavy (non-hydrogen) atoms. The van der Waals surface area contributed by atoms with E-state index in [1.165, 1.54) is 7.11 Å². The van der Waals surface area contributed by atoms with Crippen molar-refractivity contribution in [3.8, 4) is 45.4 Å². The first-order valence-corrected chi connectivity index (χ1v) is 17.4. The first kappa shape index (κ1) is 34.5. The van der Waals surface area contributed by atoms with Gasteiger partial charge in [-0.15, -0.1) is 0 Å². The molecule has 0 radical (unpaired) electrons. The SMILES string of the molecule is COc1nc(-c2cccc(-c3cccc(-c4cnc(CNCCS(N)(=O)=O)c(OC)n4)c3Cl)c2Cl)cnc1CCC[C@@H]1CCC(=O)N1. The molecule has 4 N–H and O–H groups in total. The third-order valence-corrected chi connectivity index (χ3v) is 9.34. The third kappa shape index (κ3) is 8.54. The number of sulfonamides is 1. The number of carbonyl (C=O) groups excluding carboxylic acids is 1. The molecule has 1 aliphatic rings. The van der Waals surface area contributed by atoms with Crippen LogP contribution in [-0.2, 0) is 27.8 Å². The minimum atomic E-state index is -3.58. The van der Waals surface area contributed by atoms with Crippen LogP contribution in [0.2, 0.25) is 10.0 Å². The molecule has 3 heterocycles. The average molecular weight is 701 g/mol. The molecular formula is C32H35Cl2N7O5S. The molecule has 2 aromatic carbocycles. The lowest BCUT2D eigenvalue weighted by atomic mass is 9.98. The molecule has 2 aromatic heterocycles. The summed E-state index contributed by atoms with van der Waals surface area (Å²) in [6.45, 7) is 0.390. The fraction of sp³-hybridized carbons (Fsp3) is 0.344. The van der Waals surface area contributed by atoms with E-state index in [0.29, 0.717) is 68.1 Å². The Morgan fingerprint density at radius 1 is 0.915 bits per heavy atom. The second-order valence-corrected chi connectivity index (χ2v) is 13.5. The number of amides is 1. The molecule has 248 valence electrons. The van der Waals surface area contributed by atoms with Crippen LogP contribution in [0, 0.1) is 0 Å². The van der Waals surface area contributed by atoms with Gasteiger partial charge in [0.05, 0.1) is 53.8 Å². The van der Waals surface area contributed by atoms with Gasteiger partial charge in [0.15, 0.2) is 0 Å².